The molecule has 0 unspecified atom stereocenters. The molecule has 0 saturated carbocycles. The van der Waals surface area contributed by atoms with Crippen LogP contribution in [-0.2, 0) is 15.5 Å². The summed E-state index contributed by atoms with van der Waals surface area (Å²) in [6.07, 6.45) is 10.4. The first-order valence-corrected chi connectivity index (χ1v) is 9.70. The van der Waals surface area contributed by atoms with Crippen LogP contribution in [0.3, 0.4) is 0 Å². The number of para-hydroxylation sites is 1. The average Bonchev–Trinajstić information content (AvgIpc) is 2.71. The molecule has 1 aliphatic heterocycles. The minimum Gasteiger partial charge on any atom is -0.344 e. The summed E-state index contributed by atoms with van der Waals surface area (Å²) in [6.45, 7) is 6.85. The predicted molar refractivity (Wildman–Crippen MR) is 99.9 cm³/mol. The Morgan fingerprint density at radius 3 is 2.54 bits per heavy atom. The average molecular weight is 347 g/mol. The van der Waals surface area contributed by atoms with E-state index in [9.17, 15) is 8.42 Å². The first-order chi connectivity index (χ1) is 11.3. The van der Waals surface area contributed by atoms with E-state index in [0.717, 1.165) is 11.4 Å². The van der Waals surface area contributed by atoms with Gasteiger partial charge in [0.2, 0.25) is 0 Å². The van der Waals surface area contributed by atoms with Gasteiger partial charge in [-0.25, -0.2) is 0 Å². The second-order valence-corrected chi connectivity index (χ2v) is 7.97. The van der Waals surface area contributed by atoms with Crippen LogP contribution in [0.2, 0.25) is 0 Å². The van der Waals surface area contributed by atoms with Gasteiger partial charge in [-0.05, 0) is 31.1 Å². The van der Waals surface area contributed by atoms with Crippen molar-refractivity contribution >= 4 is 15.8 Å². The van der Waals surface area contributed by atoms with E-state index in [1.165, 1.54) is 5.56 Å². The highest BCUT2D eigenvalue weighted by molar-refractivity contribution is 7.85. The molecule has 0 spiro atoms. The summed E-state index contributed by atoms with van der Waals surface area (Å²) in [5.74, 6) is -0.228. The molecule has 0 saturated heterocycles. The maximum Gasteiger partial charge on any atom is 0.264 e. The van der Waals surface area contributed by atoms with Crippen LogP contribution in [0.1, 0.15) is 32.8 Å². The van der Waals surface area contributed by atoms with E-state index in [2.05, 4.69) is 37.0 Å². The van der Waals surface area contributed by atoms with Crippen molar-refractivity contribution in [1.29, 1.82) is 0 Å². The highest BCUT2D eigenvalue weighted by Gasteiger charge is 2.39. The Hall–Kier alpha value is -1.85. The molecule has 1 aromatic carbocycles. The van der Waals surface area contributed by atoms with Gasteiger partial charge in [0.05, 0.1) is 5.75 Å². The number of fused-ring (bicyclic) bond motifs is 1. The lowest BCUT2D eigenvalue weighted by molar-refractivity contribution is 0.481. The summed E-state index contributed by atoms with van der Waals surface area (Å²) < 4.78 is 31.0. The highest BCUT2D eigenvalue weighted by atomic mass is 32.2. The Kier molecular flexibility index (Phi) is 5.67. The molecule has 5 heteroatoms. The van der Waals surface area contributed by atoms with Crippen LogP contribution >= 0.6 is 0 Å². The molecule has 0 radical (unpaired) electrons. The van der Waals surface area contributed by atoms with Gasteiger partial charge in [-0.3, -0.25) is 4.55 Å². The Balaban J connectivity index is 2.34. The van der Waals surface area contributed by atoms with E-state index < -0.39 is 10.1 Å². The van der Waals surface area contributed by atoms with Gasteiger partial charge in [0.25, 0.3) is 10.1 Å². The summed E-state index contributed by atoms with van der Waals surface area (Å²) in [6, 6.07) is 8.18. The number of hydrogen-bond acceptors (Lipinski definition) is 3. The summed E-state index contributed by atoms with van der Waals surface area (Å²) in [7, 11) is -3.93. The van der Waals surface area contributed by atoms with Crippen molar-refractivity contribution in [3.05, 3.63) is 65.9 Å². The summed E-state index contributed by atoms with van der Waals surface area (Å²) in [4.78, 5) is 2.15. The zero-order chi connectivity index (χ0) is 17.8. The molecule has 4 nitrogen and oxygen atoms in total. The zero-order valence-corrected chi connectivity index (χ0v) is 15.3. The number of nitrogens with zero attached hydrogens (tertiary/aromatic N) is 1. The van der Waals surface area contributed by atoms with E-state index in [-0.39, 0.29) is 11.2 Å². The predicted octanol–water partition coefficient (Wildman–Crippen LogP) is 4.08. The Bertz CT molecular complexity index is 774. The molecular formula is C19H25NO3S. The van der Waals surface area contributed by atoms with Gasteiger partial charge in [-0.2, -0.15) is 8.42 Å². The molecule has 0 fully saturated rings. The van der Waals surface area contributed by atoms with Gasteiger partial charge in [0.15, 0.2) is 0 Å². The topological polar surface area (TPSA) is 57.6 Å². The minimum atomic E-state index is -3.93. The lowest BCUT2D eigenvalue weighted by Gasteiger charge is -2.27. The third-order valence-electron chi connectivity index (χ3n) is 4.25. The molecule has 0 aliphatic carbocycles. The fourth-order valence-corrected chi connectivity index (χ4v) is 3.60. The maximum absolute atomic E-state index is 11.0. The van der Waals surface area contributed by atoms with Crippen molar-refractivity contribution in [3.63, 3.8) is 0 Å². The number of benzene rings is 1. The summed E-state index contributed by atoms with van der Waals surface area (Å²) in [5.41, 5.74) is 3.29. The van der Waals surface area contributed by atoms with Crippen LogP contribution in [0.25, 0.3) is 0 Å². The minimum absolute atomic E-state index is 0.158. The smallest absolute Gasteiger partial charge is 0.264 e. The van der Waals surface area contributed by atoms with Crippen LogP contribution in [0.4, 0.5) is 5.69 Å². The van der Waals surface area contributed by atoms with Crippen molar-refractivity contribution in [2.24, 2.45) is 0 Å². The Morgan fingerprint density at radius 2 is 1.88 bits per heavy atom. The Morgan fingerprint density at radius 1 is 1.17 bits per heavy atom. The number of hydrogen-bond donors (Lipinski definition) is 1. The zero-order valence-electron chi connectivity index (χ0n) is 14.4. The van der Waals surface area contributed by atoms with Gasteiger partial charge < -0.3 is 4.90 Å². The second-order valence-electron chi connectivity index (χ2n) is 6.40. The first-order valence-electron chi connectivity index (χ1n) is 8.09. The van der Waals surface area contributed by atoms with Crippen LogP contribution < -0.4 is 4.90 Å². The molecule has 0 atom stereocenters. The molecule has 24 heavy (non-hydrogen) atoms. The molecule has 0 bridgehead atoms. The largest absolute Gasteiger partial charge is 0.344 e. The molecular weight excluding hydrogens is 322 g/mol. The number of rotatable bonds is 6. The monoisotopic (exact) mass is 347 g/mol. The molecule has 0 aromatic heterocycles. The number of anilines is 1. The van der Waals surface area contributed by atoms with Gasteiger partial charge in [0.1, 0.15) is 0 Å². The Labute approximate surface area is 144 Å². The molecule has 1 N–H and O–H groups in total. The second kappa shape index (κ2) is 7.36. The van der Waals surface area contributed by atoms with Gasteiger partial charge in [-0.1, -0.05) is 56.4 Å². The van der Waals surface area contributed by atoms with E-state index in [0.29, 0.717) is 13.0 Å². The standard InChI is InChI=1S/C19H25NO3S/c1-4-5-6-7-13-18-19(2,3)16-11-8-9-12-17(16)20(18)14-10-15-24(21,22)23/h4-9,11-13H,10,14-15H2,1-3H3,(H,21,22,23). The van der Waals surface area contributed by atoms with Crippen molar-refractivity contribution in [2.45, 2.75) is 32.6 Å². The van der Waals surface area contributed by atoms with E-state index in [1.54, 1.807) is 0 Å². The third kappa shape index (κ3) is 4.16. The molecule has 2 rings (SSSR count). The highest BCUT2D eigenvalue weighted by Crippen LogP contribution is 2.47. The van der Waals surface area contributed by atoms with E-state index in [1.807, 2.05) is 43.4 Å². The van der Waals surface area contributed by atoms with Crippen LogP contribution in [-0.4, -0.2) is 25.3 Å². The quantitative estimate of drug-likeness (QED) is 0.622. The molecule has 1 aromatic rings. The molecule has 130 valence electrons. The molecule has 1 aliphatic rings. The summed E-state index contributed by atoms with van der Waals surface area (Å²) >= 11 is 0. The lowest BCUT2D eigenvalue weighted by Crippen LogP contribution is -2.28. The SMILES string of the molecule is CC=CC=CC=C1N(CCCS(=O)(=O)O)c2ccccc2C1(C)C. The maximum atomic E-state index is 11.0. The van der Waals surface area contributed by atoms with Crippen LogP contribution in [0.15, 0.2) is 60.3 Å². The molecule has 1 heterocycles. The third-order valence-corrected chi connectivity index (χ3v) is 5.06. The lowest BCUT2D eigenvalue weighted by atomic mass is 9.84. The summed E-state index contributed by atoms with van der Waals surface area (Å²) in [5, 5.41) is 0. The number of allylic oxidation sites excluding steroid dienone is 6. The van der Waals surface area contributed by atoms with Crippen LogP contribution in [0, 0.1) is 0 Å². The van der Waals surface area contributed by atoms with E-state index in [4.69, 9.17) is 4.55 Å². The normalized spacial score (nSPS) is 18.8. The van der Waals surface area contributed by atoms with Gasteiger partial charge >= 0.3 is 0 Å². The van der Waals surface area contributed by atoms with Gasteiger partial charge in [-0.15, -0.1) is 0 Å². The van der Waals surface area contributed by atoms with Crippen molar-refractivity contribution < 1.29 is 13.0 Å². The first kappa shape index (κ1) is 18.5. The van der Waals surface area contributed by atoms with Crippen molar-refractivity contribution in [2.75, 3.05) is 17.2 Å². The molecule has 0 amide bonds. The van der Waals surface area contributed by atoms with Crippen molar-refractivity contribution in [3.8, 4) is 0 Å². The fourth-order valence-electron chi connectivity index (χ4n) is 3.11. The van der Waals surface area contributed by atoms with E-state index >= 15 is 0 Å². The van der Waals surface area contributed by atoms with Crippen molar-refractivity contribution in [1.82, 2.24) is 0 Å². The fraction of sp³-hybridized carbons (Fsp3) is 0.368. The van der Waals surface area contributed by atoms with Gasteiger partial charge in [0, 0.05) is 23.3 Å². The van der Waals surface area contributed by atoms with Crippen LogP contribution in [0.5, 0.6) is 0 Å².